The van der Waals surface area contributed by atoms with Crippen LogP contribution in [0.15, 0.2) is 18.2 Å². The number of halogens is 1. The SMILES string of the molecule is CC(=O)c1ccc(OCC2CNC(=O)O2)cc1F. The molecular formula is C12H12FNO4. The van der Waals surface area contributed by atoms with Gasteiger partial charge in [-0.15, -0.1) is 0 Å². The van der Waals surface area contributed by atoms with Gasteiger partial charge in [-0.25, -0.2) is 9.18 Å². The Morgan fingerprint density at radius 3 is 2.94 bits per heavy atom. The van der Waals surface area contributed by atoms with Crippen molar-refractivity contribution in [3.63, 3.8) is 0 Å². The summed E-state index contributed by atoms with van der Waals surface area (Å²) in [6, 6.07) is 4.01. The van der Waals surface area contributed by atoms with Crippen LogP contribution in [0.1, 0.15) is 17.3 Å². The van der Waals surface area contributed by atoms with Crippen molar-refractivity contribution < 1.29 is 23.5 Å². The molecule has 1 heterocycles. The number of ketones is 1. The molecular weight excluding hydrogens is 241 g/mol. The van der Waals surface area contributed by atoms with Crippen LogP contribution in [-0.4, -0.2) is 31.1 Å². The molecule has 1 unspecified atom stereocenters. The van der Waals surface area contributed by atoms with Gasteiger partial charge in [0.05, 0.1) is 12.1 Å². The Hall–Kier alpha value is -2.11. The second-order valence-corrected chi connectivity index (χ2v) is 3.92. The quantitative estimate of drug-likeness (QED) is 0.826. The topological polar surface area (TPSA) is 64.6 Å². The van der Waals surface area contributed by atoms with E-state index in [9.17, 15) is 14.0 Å². The maximum atomic E-state index is 13.5. The molecule has 1 N–H and O–H groups in total. The number of nitrogens with one attached hydrogen (secondary N) is 1. The third-order valence-electron chi connectivity index (χ3n) is 2.50. The summed E-state index contributed by atoms with van der Waals surface area (Å²) in [5.41, 5.74) is 0.0244. The molecule has 1 aromatic carbocycles. The normalized spacial score (nSPS) is 18.1. The molecule has 2 rings (SSSR count). The third kappa shape index (κ3) is 2.77. The molecule has 0 spiro atoms. The number of carbonyl (C=O) groups excluding carboxylic acids is 2. The maximum Gasteiger partial charge on any atom is 0.407 e. The number of rotatable bonds is 4. The summed E-state index contributed by atoms with van der Waals surface area (Å²) in [6.45, 7) is 1.80. The van der Waals surface area contributed by atoms with Gasteiger partial charge in [-0.1, -0.05) is 0 Å². The smallest absolute Gasteiger partial charge is 0.407 e. The number of carbonyl (C=O) groups is 2. The van der Waals surface area contributed by atoms with Crippen molar-refractivity contribution in [2.45, 2.75) is 13.0 Å². The molecule has 0 aromatic heterocycles. The molecule has 0 saturated carbocycles. The molecule has 1 aliphatic heterocycles. The van der Waals surface area contributed by atoms with Gasteiger partial charge in [0.2, 0.25) is 0 Å². The van der Waals surface area contributed by atoms with E-state index in [-0.39, 0.29) is 24.1 Å². The molecule has 1 atom stereocenters. The molecule has 1 aromatic rings. The summed E-state index contributed by atoms with van der Waals surface area (Å²) < 4.78 is 23.6. The van der Waals surface area contributed by atoms with Crippen LogP contribution in [0.25, 0.3) is 0 Å². The summed E-state index contributed by atoms with van der Waals surface area (Å²) in [5.74, 6) is -0.671. The minimum absolute atomic E-state index is 0.0244. The van der Waals surface area contributed by atoms with Gasteiger partial charge in [0.25, 0.3) is 0 Å². The first-order valence-corrected chi connectivity index (χ1v) is 5.44. The van der Waals surface area contributed by atoms with Crippen molar-refractivity contribution >= 4 is 11.9 Å². The predicted molar refractivity (Wildman–Crippen MR) is 60.2 cm³/mol. The van der Waals surface area contributed by atoms with Crippen LogP contribution in [0.3, 0.4) is 0 Å². The molecule has 1 saturated heterocycles. The molecule has 0 bridgehead atoms. The van der Waals surface area contributed by atoms with E-state index in [1.54, 1.807) is 0 Å². The molecule has 1 fully saturated rings. The molecule has 96 valence electrons. The highest BCUT2D eigenvalue weighted by Crippen LogP contribution is 2.17. The number of Topliss-reactive ketones (excluding diaryl/α,β-unsaturated/α-hetero) is 1. The second-order valence-electron chi connectivity index (χ2n) is 3.92. The lowest BCUT2D eigenvalue weighted by atomic mass is 10.1. The summed E-state index contributed by atoms with van der Waals surface area (Å²) in [4.78, 5) is 21.8. The number of cyclic esters (lactones) is 1. The van der Waals surface area contributed by atoms with E-state index < -0.39 is 11.9 Å². The molecule has 0 aliphatic carbocycles. The van der Waals surface area contributed by atoms with Crippen LogP contribution in [0.2, 0.25) is 0 Å². The number of amides is 1. The second kappa shape index (κ2) is 5.03. The Kier molecular flexibility index (Phi) is 3.45. The van der Waals surface area contributed by atoms with E-state index in [4.69, 9.17) is 9.47 Å². The van der Waals surface area contributed by atoms with Gasteiger partial charge in [-0.2, -0.15) is 0 Å². The molecule has 6 heteroatoms. The van der Waals surface area contributed by atoms with Crippen molar-refractivity contribution in [1.29, 1.82) is 0 Å². The standard InChI is InChI=1S/C12H12FNO4/c1-7(15)10-3-2-8(4-11(10)13)17-6-9-5-14-12(16)18-9/h2-4,9H,5-6H2,1H3,(H,14,16). The summed E-state index contributed by atoms with van der Waals surface area (Å²) >= 11 is 0. The Morgan fingerprint density at radius 1 is 1.61 bits per heavy atom. The Balaban J connectivity index is 1.96. The van der Waals surface area contributed by atoms with Gasteiger partial charge in [0, 0.05) is 6.07 Å². The van der Waals surface area contributed by atoms with E-state index in [2.05, 4.69) is 5.32 Å². The zero-order valence-electron chi connectivity index (χ0n) is 9.73. The Bertz CT molecular complexity index is 489. The van der Waals surface area contributed by atoms with E-state index in [0.717, 1.165) is 6.07 Å². The lowest BCUT2D eigenvalue weighted by Crippen LogP contribution is -2.22. The van der Waals surface area contributed by atoms with Crippen molar-refractivity contribution in [1.82, 2.24) is 5.32 Å². The van der Waals surface area contributed by atoms with Crippen LogP contribution in [0.4, 0.5) is 9.18 Å². The van der Waals surface area contributed by atoms with Crippen LogP contribution in [0.5, 0.6) is 5.75 Å². The van der Waals surface area contributed by atoms with Gasteiger partial charge < -0.3 is 14.8 Å². The van der Waals surface area contributed by atoms with Gasteiger partial charge in [-0.05, 0) is 19.1 Å². The van der Waals surface area contributed by atoms with Gasteiger partial charge in [0.1, 0.15) is 18.2 Å². The van der Waals surface area contributed by atoms with Crippen molar-refractivity contribution in [2.75, 3.05) is 13.2 Å². The summed E-state index contributed by atoms with van der Waals surface area (Å²) in [5, 5.41) is 2.48. The van der Waals surface area contributed by atoms with E-state index in [1.165, 1.54) is 19.1 Å². The number of ether oxygens (including phenoxy) is 2. The number of alkyl carbamates (subject to hydrolysis) is 1. The number of benzene rings is 1. The molecule has 5 nitrogen and oxygen atoms in total. The van der Waals surface area contributed by atoms with Crippen molar-refractivity contribution in [2.24, 2.45) is 0 Å². The largest absolute Gasteiger partial charge is 0.490 e. The van der Waals surface area contributed by atoms with Crippen molar-refractivity contribution in [3.05, 3.63) is 29.6 Å². The zero-order chi connectivity index (χ0) is 13.1. The number of hydrogen-bond donors (Lipinski definition) is 1. The molecule has 1 amide bonds. The first-order valence-electron chi connectivity index (χ1n) is 5.44. The van der Waals surface area contributed by atoms with E-state index in [0.29, 0.717) is 12.3 Å². The average Bonchev–Trinajstić information content (AvgIpc) is 2.72. The summed E-state index contributed by atoms with van der Waals surface area (Å²) in [6.07, 6.45) is -0.866. The fourth-order valence-electron chi connectivity index (χ4n) is 1.59. The minimum atomic E-state index is -0.624. The Morgan fingerprint density at radius 2 is 2.39 bits per heavy atom. The highest BCUT2D eigenvalue weighted by Gasteiger charge is 2.23. The highest BCUT2D eigenvalue weighted by atomic mass is 19.1. The van der Waals surface area contributed by atoms with Gasteiger partial charge in [-0.3, -0.25) is 4.79 Å². The van der Waals surface area contributed by atoms with Crippen LogP contribution >= 0.6 is 0 Å². The maximum absolute atomic E-state index is 13.5. The average molecular weight is 253 g/mol. The predicted octanol–water partition coefficient (Wildman–Crippen LogP) is 1.52. The number of hydrogen-bond acceptors (Lipinski definition) is 4. The van der Waals surface area contributed by atoms with Crippen LogP contribution < -0.4 is 10.1 Å². The lowest BCUT2D eigenvalue weighted by Gasteiger charge is -2.10. The fraction of sp³-hybridized carbons (Fsp3) is 0.333. The first kappa shape index (κ1) is 12.3. The molecule has 0 radical (unpaired) electrons. The zero-order valence-corrected chi connectivity index (χ0v) is 9.73. The van der Waals surface area contributed by atoms with Gasteiger partial charge >= 0.3 is 6.09 Å². The first-order chi connectivity index (χ1) is 8.56. The monoisotopic (exact) mass is 253 g/mol. The highest BCUT2D eigenvalue weighted by molar-refractivity contribution is 5.94. The Labute approximate surface area is 103 Å². The molecule has 18 heavy (non-hydrogen) atoms. The van der Waals surface area contributed by atoms with Crippen molar-refractivity contribution in [3.8, 4) is 5.75 Å². The van der Waals surface area contributed by atoms with Gasteiger partial charge in [0.15, 0.2) is 11.9 Å². The summed E-state index contributed by atoms with van der Waals surface area (Å²) in [7, 11) is 0. The van der Waals surface area contributed by atoms with E-state index in [1.807, 2.05) is 0 Å². The van der Waals surface area contributed by atoms with Crippen LogP contribution in [0, 0.1) is 5.82 Å². The van der Waals surface area contributed by atoms with E-state index >= 15 is 0 Å². The molecule has 1 aliphatic rings. The lowest BCUT2D eigenvalue weighted by molar-refractivity contribution is 0.100. The third-order valence-corrected chi connectivity index (χ3v) is 2.50. The minimum Gasteiger partial charge on any atom is -0.490 e. The fourth-order valence-corrected chi connectivity index (χ4v) is 1.59. The van der Waals surface area contributed by atoms with Crippen LogP contribution in [-0.2, 0) is 4.74 Å².